The van der Waals surface area contributed by atoms with E-state index in [-0.39, 0.29) is 0 Å². The van der Waals surface area contributed by atoms with Crippen molar-refractivity contribution in [2.45, 2.75) is 43.4 Å². The Labute approximate surface area is 104 Å². The predicted octanol–water partition coefficient (Wildman–Crippen LogP) is 4.39. The molecule has 0 aromatic heterocycles. The van der Waals surface area contributed by atoms with Crippen molar-refractivity contribution in [2.24, 2.45) is 0 Å². The maximum atomic E-state index is 9.49. The lowest BCUT2D eigenvalue weighted by molar-refractivity contribution is 0.198. The predicted molar refractivity (Wildman–Crippen MR) is 70.4 cm³/mol. The van der Waals surface area contributed by atoms with Crippen LogP contribution in [0.25, 0.3) is 0 Å². The summed E-state index contributed by atoms with van der Waals surface area (Å²) in [4.78, 5) is 1.25. The third-order valence-corrected chi connectivity index (χ3v) is 4.28. The summed E-state index contributed by atoms with van der Waals surface area (Å²) in [5.41, 5.74) is 0.948. The van der Waals surface area contributed by atoms with E-state index in [0.29, 0.717) is 5.25 Å². The van der Waals surface area contributed by atoms with Crippen LogP contribution in [0.1, 0.15) is 38.9 Å². The highest BCUT2D eigenvalue weighted by Gasteiger charge is 2.08. The van der Waals surface area contributed by atoms with Crippen molar-refractivity contribution in [1.82, 2.24) is 0 Å². The van der Waals surface area contributed by atoms with Crippen LogP contribution in [-0.2, 0) is 0 Å². The van der Waals surface area contributed by atoms with E-state index in [1.54, 1.807) is 6.92 Å². The zero-order valence-electron chi connectivity index (χ0n) is 9.33. The number of hydrogen-bond acceptors (Lipinski definition) is 2. The van der Waals surface area contributed by atoms with Gasteiger partial charge in [-0.2, -0.15) is 0 Å². The molecule has 15 heavy (non-hydrogen) atoms. The Balaban J connectivity index is 2.82. The maximum absolute atomic E-state index is 9.49. The molecule has 1 aromatic carbocycles. The first-order chi connectivity index (χ1) is 7.04. The maximum Gasteiger partial charge on any atom is 0.0772 e. The van der Waals surface area contributed by atoms with Gasteiger partial charge in [0.05, 0.1) is 6.10 Å². The highest BCUT2D eigenvalue weighted by molar-refractivity contribution is 9.10. The lowest BCUT2D eigenvalue weighted by atomic mass is 10.1. The quantitative estimate of drug-likeness (QED) is 0.829. The largest absolute Gasteiger partial charge is 0.389 e. The van der Waals surface area contributed by atoms with Gasteiger partial charge in [-0.25, -0.2) is 0 Å². The van der Waals surface area contributed by atoms with Crippen LogP contribution in [0.15, 0.2) is 27.6 Å². The van der Waals surface area contributed by atoms with Crippen LogP contribution in [0, 0.1) is 0 Å². The molecule has 2 atom stereocenters. The van der Waals surface area contributed by atoms with E-state index in [4.69, 9.17) is 0 Å². The Morgan fingerprint density at radius 3 is 2.53 bits per heavy atom. The minimum Gasteiger partial charge on any atom is -0.389 e. The topological polar surface area (TPSA) is 20.2 Å². The molecule has 0 radical (unpaired) electrons. The van der Waals surface area contributed by atoms with Gasteiger partial charge in [0, 0.05) is 14.6 Å². The minimum atomic E-state index is -0.415. The van der Waals surface area contributed by atoms with E-state index in [0.717, 1.165) is 10.0 Å². The molecule has 0 bridgehead atoms. The van der Waals surface area contributed by atoms with E-state index >= 15 is 0 Å². The Morgan fingerprint density at radius 2 is 2.07 bits per heavy atom. The Bertz CT molecular complexity index is 325. The van der Waals surface area contributed by atoms with Crippen molar-refractivity contribution in [2.75, 3.05) is 0 Å². The summed E-state index contributed by atoms with van der Waals surface area (Å²) in [6, 6.07) is 6.14. The Morgan fingerprint density at radius 1 is 1.40 bits per heavy atom. The second-order valence-electron chi connectivity index (χ2n) is 3.70. The standard InChI is InChI=1S/C12H17BrOS/c1-4-8(2)15-10-5-6-11(9(3)14)12(13)7-10/h5-9,14H,4H2,1-3H3/t8?,9-/m1/s1. The summed E-state index contributed by atoms with van der Waals surface area (Å²) in [6.45, 7) is 6.19. The molecular weight excluding hydrogens is 272 g/mol. The third kappa shape index (κ3) is 3.82. The normalized spacial score (nSPS) is 15.0. The van der Waals surface area contributed by atoms with Gasteiger partial charge >= 0.3 is 0 Å². The molecule has 0 fully saturated rings. The molecule has 1 unspecified atom stereocenters. The summed E-state index contributed by atoms with van der Waals surface area (Å²) in [6.07, 6.45) is 0.752. The zero-order chi connectivity index (χ0) is 11.4. The van der Waals surface area contributed by atoms with Crippen LogP contribution in [0.5, 0.6) is 0 Å². The number of benzene rings is 1. The summed E-state index contributed by atoms with van der Waals surface area (Å²) in [7, 11) is 0. The molecule has 0 aliphatic rings. The number of aliphatic hydroxyl groups excluding tert-OH is 1. The van der Waals surface area contributed by atoms with Crippen LogP contribution in [-0.4, -0.2) is 10.4 Å². The average molecular weight is 289 g/mol. The summed E-state index contributed by atoms with van der Waals surface area (Å²) < 4.78 is 0.991. The van der Waals surface area contributed by atoms with Gasteiger partial charge in [0.2, 0.25) is 0 Å². The van der Waals surface area contributed by atoms with Crippen LogP contribution < -0.4 is 0 Å². The molecular formula is C12H17BrOS. The highest BCUT2D eigenvalue weighted by Crippen LogP contribution is 2.31. The first-order valence-electron chi connectivity index (χ1n) is 5.18. The van der Waals surface area contributed by atoms with E-state index in [2.05, 4.69) is 41.9 Å². The molecule has 0 aliphatic heterocycles. The molecule has 0 spiro atoms. The SMILES string of the molecule is CCC(C)Sc1ccc([C@@H](C)O)c(Br)c1. The molecule has 3 heteroatoms. The van der Waals surface area contributed by atoms with Crippen molar-refractivity contribution >= 4 is 27.7 Å². The lowest BCUT2D eigenvalue weighted by Gasteiger charge is -2.11. The average Bonchev–Trinajstić information content (AvgIpc) is 2.17. The van der Waals surface area contributed by atoms with Gasteiger partial charge < -0.3 is 5.11 Å². The van der Waals surface area contributed by atoms with Gasteiger partial charge in [-0.15, -0.1) is 11.8 Å². The number of thioether (sulfide) groups is 1. The Kier molecular flexibility index (Phi) is 5.16. The minimum absolute atomic E-state index is 0.415. The molecule has 0 aliphatic carbocycles. The number of aliphatic hydroxyl groups is 1. The van der Waals surface area contributed by atoms with Crippen LogP contribution in [0.4, 0.5) is 0 Å². The fourth-order valence-corrected chi connectivity index (χ4v) is 3.06. The van der Waals surface area contributed by atoms with E-state index in [9.17, 15) is 5.11 Å². The molecule has 0 amide bonds. The van der Waals surface area contributed by atoms with E-state index in [1.165, 1.54) is 11.3 Å². The second kappa shape index (κ2) is 5.92. The van der Waals surface area contributed by atoms with E-state index in [1.807, 2.05) is 17.8 Å². The van der Waals surface area contributed by atoms with Gasteiger partial charge in [0.25, 0.3) is 0 Å². The van der Waals surface area contributed by atoms with Gasteiger partial charge in [-0.05, 0) is 31.0 Å². The molecule has 0 saturated heterocycles. The third-order valence-electron chi connectivity index (χ3n) is 2.33. The zero-order valence-corrected chi connectivity index (χ0v) is 11.7. The van der Waals surface area contributed by atoms with Crippen molar-refractivity contribution < 1.29 is 5.11 Å². The first-order valence-corrected chi connectivity index (χ1v) is 6.86. The van der Waals surface area contributed by atoms with Crippen LogP contribution in [0.2, 0.25) is 0 Å². The van der Waals surface area contributed by atoms with E-state index < -0.39 is 6.10 Å². The lowest BCUT2D eigenvalue weighted by Crippen LogP contribution is -1.95. The van der Waals surface area contributed by atoms with Gasteiger partial charge in [0.15, 0.2) is 0 Å². The molecule has 0 heterocycles. The fraction of sp³-hybridized carbons (Fsp3) is 0.500. The Hall–Kier alpha value is 0.01000. The number of hydrogen-bond donors (Lipinski definition) is 1. The fourth-order valence-electron chi connectivity index (χ4n) is 1.24. The summed E-state index contributed by atoms with van der Waals surface area (Å²) in [5, 5.41) is 10.1. The van der Waals surface area contributed by atoms with Crippen molar-refractivity contribution in [1.29, 1.82) is 0 Å². The number of halogens is 1. The van der Waals surface area contributed by atoms with Crippen molar-refractivity contribution in [3.05, 3.63) is 28.2 Å². The van der Waals surface area contributed by atoms with Gasteiger partial charge in [-0.3, -0.25) is 0 Å². The van der Waals surface area contributed by atoms with Crippen LogP contribution in [0.3, 0.4) is 0 Å². The van der Waals surface area contributed by atoms with Gasteiger partial charge in [0.1, 0.15) is 0 Å². The van der Waals surface area contributed by atoms with Crippen molar-refractivity contribution in [3.8, 4) is 0 Å². The van der Waals surface area contributed by atoms with Crippen molar-refractivity contribution in [3.63, 3.8) is 0 Å². The molecule has 1 nitrogen and oxygen atoms in total. The highest BCUT2D eigenvalue weighted by atomic mass is 79.9. The molecule has 1 aromatic rings. The van der Waals surface area contributed by atoms with Crippen LogP contribution >= 0.6 is 27.7 Å². The molecule has 1 N–H and O–H groups in total. The summed E-state index contributed by atoms with van der Waals surface area (Å²) in [5.74, 6) is 0. The first kappa shape index (κ1) is 13.1. The molecule has 0 saturated carbocycles. The monoisotopic (exact) mass is 288 g/mol. The molecule has 84 valence electrons. The molecule has 1 rings (SSSR count). The second-order valence-corrected chi connectivity index (χ2v) is 6.06. The smallest absolute Gasteiger partial charge is 0.0772 e. The summed E-state index contributed by atoms with van der Waals surface area (Å²) >= 11 is 5.35. The van der Waals surface area contributed by atoms with Gasteiger partial charge in [-0.1, -0.05) is 35.8 Å². The number of rotatable bonds is 4.